The van der Waals surface area contributed by atoms with E-state index in [0.717, 1.165) is 44.1 Å². The van der Waals surface area contributed by atoms with Gasteiger partial charge >= 0.3 is 6.01 Å². The van der Waals surface area contributed by atoms with E-state index >= 15 is 0 Å². The van der Waals surface area contributed by atoms with Crippen LogP contribution in [0.15, 0.2) is 22.7 Å². The molecule has 1 aromatic heterocycles. The summed E-state index contributed by atoms with van der Waals surface area (Å²) in [6.45, 7) is 6.53. The van der Waals surface area contributed by atoms with Crippen LogP contribution in [0.4, 0.5) is 10.4 Å². The number of halogens is 1. The summed E-state index contributed by atoms with van der Waals surface area (Å²) in [5, 5.41) is 4.08. The Morgan fingerprint density at radius 1 is 1.26 bits per heavy atom. The number of likely N-dealkylation sites (N-methyl/N-ethyl adjacent to an activating group) is 1. The fourth-order valence-corrected chi connectivity index (χ4v) is 7.72. The molecular formula is C28H39FN4O5S. The number of benzene rings is 1. The molecule has 9 nitrogen and oxygen atoms in total. The first-order chi connectivity index (χ1) is 18.6. The van der Waals surface area contributed by atoms with Gasteiger partial charge < -0.3 is 19.1 Å². The summed E-state index contributed by atoms with van der Waals surface area (Å²) < 4.78 is 49.4. The number of piperidine rings is 1. The van der Waals surface area contributed by atoms with Crippen molar-refractivity contribution in [3.63, 3.8) is 0 Å². The lowest BCUT2D eigenvalue weighted by atomic mass is 9.90. The fraction of sp³-hybridized carbons (Fsp3) is 0.679. The molecule has 3 heterocycles. The highest BCUT2D eigenvalue weighted by Crippen LogP contribution is 2.50. The van der Waals surface area contributed by atoms with Crippen LogP contribution in [0.1, 0.15) is 63.3 Å². The highest BCUT2D eigenvalue weighted by atomic mass is 32.2. The van der Waals surface area contributed by atoms with E-state index in [9.17, 15) is 17.6 Å². The van der Waals surface area contributed by atoms with Crippen LogP contribution in [0.25, 0.3) is 0 Å². The molecule has 1 aromatic carbocycles. The molecule has 1 unspecified atom stereocenters. The molecule has 214 valence electrons. The van der Waals surface area contributed by atoms with Gasteiger partial charge in [-0.15, -0.1) is 0 Å². The summed E-state index contributed by atoms with van der Waals surface area (Å²) in [5.74, 6) is 2.85. The Labute approximate surface area is 230 Å². The van der Waals surface area contributed by atoms with Gasteiger partial charge in [0.15, 0.2) is 15.7 Å². The quantitative estimate of drug-likeness (QED) is 0.430. The minimum atomic E-state index is -3.09. The van der Waals surface area contributed by atoms with Crippen molar-refractivity contribution >= 4 is 21.8 Å². The lowest BCUT2D eigenvalue weighted by Gasteiger charge is -2.30. The zero-order valence-corrected chi connectivity index (χ0v) is 23.8. The number of ether oxygens (including phenoxy) is 1. The van der Waals surface area contributed by atoms with Crippen LogP contribution < -0.4 is 9.64 Å². The van der Waals surface area contributed by atoms with Crippen molar-refractivity contribution in [2.45, 2.75) is 64.3 Å². The maximum absolute atomic E-state index is 14.7. The topological polar surface area (TPSA) is 106 Å². The number of hydrogen-bond acceptors (Lipinski definition) is 8. The Hall–Kier alpha value is -2.69. The molecule has 5 rings (SSSR count). The van der Waals surface area contributed by atoms with Crippen molar-refractivity contribution in [3.8, 4) is 5.75 Å². The third-order valence-electron chi connectivity index (χ3n) is 8.61. The summed E-state index contributed by atoms with van der Waals surface area (Å²) in [4.78, 5) is 20.8. The zero-order chi connectivity index (χ0) is 27.7. The molecule has 0 bridgehead atoms. The van der Waals surface area contributed by atoms with Crippen LogP contribution in [-0.4, -0.2) is 73.7 Å². The maximum Gasteiger partial charge on any atom is 0.324 e. The predicted molar refractivity (Wildman–Crippen MR) is 145 cm³/mol. The number of sulfone groups is 1. The fourth-order valence-electron chi connectivity index (χ4n) is 5.95. The van der Waals surface area contributed by atoms with Crippen LogP contribution in [0.2, 0.25) is 0 Å². The molecule has 0 N–H and O–H groups in total. The van der Waals surface area contributed by atoms with E-state index in [1.165, 1.54) is 17.4 Å². The van der Waals surface area contributed by atoms with Gasteiger partial charge in [0, 0.05) is 38.2 Å². The number of carbonyl (C=O) groups excluding carboxylic acids is 1. The molecular weight excluding hydrogens is 523 g/mol. The highest BCUT2D eigenvalue weighted by molar-refractivity contribution is 7.91. The van der Waals surface area contributed by atoms with E-state index in [1.54, 1.807) is 19.2 Å². The molecule has 2 saturated heterocycles. The molecule has 1 amide bonds. The zero-order valence-electron chi connectivity index (χ0n) is 23.0. The average Bonchev–Trinajstić information content (AvgIpc) is 3.31. The van der Waals surface area contributed by atoms with Crippen LogP contribution in [0.5, 0.6) is 5.75 Å². The van der Waals surface area contributed by atoms with Gasteiger partial charge in [-0.25, -0.2) is 12.8 Å². The highest BCUT2D eigenvalue weighted by Gasteiger charge is 2.43. The van der Waals surface area contributed by atoms with Gasteiger partial charge in [0.05, 0.1) is 24.5 Å². The van der Waals surface area contributed by atoms with E-state index in [-0.39, 0.29) is 41.4 Å². The molecule has 3 atom stereocenters. The van der Waals surface area contributed by atoms with Crippen molar-refractivity contribution in [2.24, 2.45) is 17.8 Å². The van der Waals surface area contributed by atoms with Crippen LogP contribution >= 0.6 is 0 Å². The molecule has 3 aliphatic rings. The van der Waals surface area contributed by atoms with Gasteiger partial charge in [0.1, 0.15) is 11.6 Å². The van der Waals surface area contributed by atoms with Crippen molar-refractivity contribution in [1.82, 2.24) is 15.0 Å². The lowest BCUT2D eigenvalue weighted by molar-refractivity contribution is -0.130. The van der Waals surface area contributed by atoms with Crippen molar-refractivity contribution in [2.75, 3.05) is 43.1 Å². The number of nitrogens with zero attached hydrogens (tertiary/aromatic N) is 4. The lowest BCUT2D eigenvalue weighted by Crippen LogP contribution is -2.38. The SMILES string of the molecule is CC(C)c1noc(N2CCC([C@H]3C[C@H]3CCOc3ccc(CC(=O)N(C)C4CCS(=O)(=O)C4)c(F)c3)CC2)n1. The van der Waals surface area contributed by atoms with E-state index < -0.39 is 15.7 Å². The predicted octanol–water partition coefficient (Wildman–Crippen LogP) is 3.84. The normalized spacial score (nSPS) is 24.7. The molecule has 39 heavy (non-hydrogen) atoms. The Morgan fingerprint density at radius 2 is 2.03 bits per heavy atom. The maximum atomic E-state index is 14.7. The van der Waals surface area contributed by atoms with E-state index in [0.29, 0.717) is 36.6 Å². The van der Waals surface area contributed by atoms with E-state index in [2.05, 4.69) is 28.9 Å². The van der Waals surface area contributed by atoms with Crippen LogP contribution in [-0.2, 0) is 21.1 Å². The van der Waals surface area contributed by atoms with Gasteiger partial charge in [-0.3, -0.25) is 4.79 Å². The molecule has 2 aromatic rings. The van der Waals surface area contributed by atoms with Crippen molar-refractivity contribution < 1.29 is 26.9 Å². The number of amides is 1. The van der Waals surface area contributed by atoms with E-state index in [4.69, 9.17) is 9.26 Å². The van der Waals surface area contributed by atoms with Gasteiger partial charge in [-0.05, 0) is 61.5 Å². The van der Waals surface area contributed by atoms with Crippen LogP contribution in [0.3, 0.4) is 0 Å². The van der Waals surface area contributed by atoms with Gasteiger partial charge in [0.2, 0.25) is 5.91 Å². The Balaban J connectivity index is 1.02. The first-order valence-electron chi connectivity index (χ1n) is 14.1. The number of hydrogen-bond donors (Lipinski definition) is 0. The minimum Gasteiger partial charge on any atom is -0.493 e. The largest absolute Gasteiger partial charge is 0.493 e. The van der Waals surface area contributed by atoms with Crippen molar-refractivity contribution in [1.29, 1.82) is 0 Å². The monoisotopic (exact) mass is 562 g/mol. The molecule has 0 spiro atoms. The van der Waals surface area contributed by atoms with Crippen molar-refractivity contribution in [3.05, 3.63) is 35.4 Å². The Kier molecular flexibility index (Phi) is 8.16. The Bertz CT molecular complexity index is 1270. The minimum absolute atomic E-state index is 0.0229. The number of rotatable bonds is 10. The third kappa shape index (κ3) is 6.73. The third-order valence-corrected chi connectivity index (χ3v) is 10.4. The van der Waals surface area contributed by atoms with Gasteiger partial charge in [0.25, 0.3) is 0 Å². The molecule has 3 fully saturated rings. The molecule has 1 aliphatic carbocycles. The van der Waals surface area contributed by atoms with E-state index in [1.807, 2.05) is 0 Å². The summed E-state index contributed by atoms with van der Waals surface area (Å²) in [5.41, 5.74) is 0.287. The smallest absolute Gasteiger partial charge is 0.324 e. The number of aromatic nitrogens is 2. The molecule has 0 radical (unpaired) electrons. The molecule has 2 aliphatic heterocycles. The summed E-state index contributed by atoms with van der Waals surface area (Å²) in [7, 11) is -1.50. The molecule has 1 saturated carbocycles. The standard InChI is InChI=1S/C28H39FN4O5S/c1-18(2)27-30-28(38-31-27)33-10-6-19(7-11-33)24-14-20(24)8-12-37-23-5-4-21(25(29)16-23)15-26(34)32(3)22-9-13-39(35,36)17-22/h4-5,16,18-20,22,24H,6-15,17H2,1-3H3/t20-,22?,24-/m1/s1. The van der Waals surface area contributed by atoms with Crippen LogP contribution in [0, 0.1) is 23.6 Å². The van der Waals surface area contributed by atoms with Gasteiger partial charge in [-0.1, -0.05) is 25.1 Å². The first-order valence-corrected chi connectivity index (χ1v) is 15.9. The Morgan fingerprint density at radius 3 is 2.67 bits per heavy atom. The average molecular weight is 563 g/mol. The number of anilines is 1. The summed E-state index contributed by atoms with van der Waals surface area (Å²) in [6, 6.07) is 4.93. The number of carbonyl (C=O) groups is 1. The van der Waals surface area contributed by atoms with Gasteiger partial charge in [-0.2, -0.15) is 4.98 Å². The second-order valence-corrected chi connectivity index (χ2v) is 13.9. The second kappa shape index (κ2) is 11.4. The molecule has 11 heteroatoms. The second-order valence-electron chi connectivity index (χ2n) is 11.7. The first kappa shape index (κ1) is 27.9. The summed E-state index contributed by atoms with van der Waals surface area (Å²) >= 11 is 0. The summed E-state index contributed by atoms with van der Waals surface area (Å²) in [6.07, 6.45) is 4.74.